The number of carbonyl (C=O) groups is 1. The highest BCUT2D eigenvalue weighted by molar-refractivity contribution is 6.17. The van der Waals surface area contributed by atoms with Gasteiger partial charge in [-0.3, -0.25) is 0 Å². The number of hydrogen-bond donors (Lipinski definition) is 1. The monoisotopic (exact) mass is 285 g/mol. The Morgan fingerprint density at radius 1 is 1.56 bits per heavy atom. The normalized spacial score (nSPS) is 11.2. The zero-order valence-electron chi connectivity index (χ0n) is 8.92. The number of aromatic nitrogens is 1. The van der Waals surface area contributed by atoms with E-state index in [1.54, 1.807) is 0 Å². The van der Waals surface area contributed by atoms with Crippen LogP contribution < -0.4 is 9.47 Å². The van der Waals surface area contributed by atoms with Crippen LogP contribution in [0.4, 0.5) is 13.2 Å². The topological polar surface area (TPSA) is 68.7 Å². The number of halogens is 4. The Bertz CT molecular complexity index is 464. The average Bonchev–Trinajstić information content (AvgIpc) is 2.26. The molecule has 1 N–H and O–H groups in total. The lowest BCUT2D eigenvalue weighted by Crippen LogP contribution is -2.19. The van der Waals surface area contributed by atoms with E-state index in [0.717, 1.165) is 7.11 Å². The van der Waals surface area contributed by atoms with E-state index in [4.69, 9.17) is 16.7 Å². The number of carboxylic acid groups (broad SMARTS) is 1. The van der Waals surface area contributed by atoms with Gasteiger partial charge in [0.1, 0.15) is 11.3 Å². The summed E-state index contributed by atoms with van der Waals surface area (Å²) in [5.41, 5.74) is -0.818. The number of carboxylic acids is 1. The highest BCUT2D eigenvalue weighted by atomic mass is 35.5. The van der Waals surface area contributed by atoms with Crippen LogP contribution in [-0.2, 0) is 5.88 Å². The molecule has 1 aromatic rings. The predicted octanol–water partition coefficient (Wildman–Crippen LogP) is 2.43. The highest BCUT2D eigenvalue weighted by Gasteiger charge is 2.33. The lowest BCUT2D eigenvalue weighted by molar-refractivity contribution is -0.275. The molecule has 18 heavy (non-hydrogen) atoms. The Hall–Kier alpha value is -1.70. The van der Waals surface area contributed by atoms with Crippen LogP contribution in [0.2, 0.25) is 0 Å². The standard InChI is InChI=1S/C9H7ClF3NO4/c1-17-7-4(8(15)16)2-6(5(3-10)14-7)18-9(11,12)13/h2H,3H2,1H3,(H,15,16). The summed E-state index contributed by atoms with van der Waals surface area (Å²) in [6.45, 7) is 0. The third-order valence-corrected chi connectivity index (χ3v) is 2.06. The van der Waals surface area contributed by atoms with Gasteiger partial charge in [-0.15, -0.1) is 24.8 Å². The highest BCUT2D eigenvalue weighted by Crippen LogP contribution is 2.30. The summed E-state index contributed by atoms with van der Waals surface area (Å²) < 4.78 is 44.6. The summed E-state index contributed by atoms with van der Waals surface area (Å²) >= 11 is 5.41. The van der Waals surface area contributed by atoms with Gasteiger partial charge in [0.05, 0.1) is 13.0 Å². The van der Waals surface area contributed by atoms with E-state index in [9.17, 15) is 18.0 Å². The molecule has 0 fully saturated rings. The van der Waals surface area contributed by atoms with Crippen LogP contribution in [-0.4, -0.2) is 29.5 Å². The van der Waals surface area contributed by atoms with Crippen molar-refractivity contribution in [1.82, 2.24) is 4.98 Å². The van der Waals surface area contributed by atoms with Crippen molar-refractivity contribution in [2.75, 3.05) is 7.11 Å². The molecule has 0 bridgehead atoms. The van der Waals surface area contributed by atoms with Gasteiger partial charge >= 0.3 is 12.3 Å². The van der Waals surface area contributed by atoms with Crippen molar-refractivity contribution < 1.29 is 32.5 Å². The van der Waals surface area contributed by atoms with Crippen LogP contribution >= 0.6 is 11.6 Å². The Balaban J connectivity index is 3.32. The molecule has 0 spiro atoms. The van der Waals surface area contributed by atoms with Gasteiger partial charge in [0.25, 0.3) is 0 Å². The number of pyridine rings is 1. The predicted molar refractivity (Wildman–Crippen MR) is 54.0 cm³/mol. The molecule has 9 heteroatoms. The maximum atomic E-state index is 12.1. The van der Waals surface area contributed by atoms with Crippen molar-refractivity contribution in [3.63, 3.8) is 0 Å². The van der Waals surface area contributed by atoms with Gasteiger partial charge in [-0.05, 0) is 0 Å². The van der Waals surface area contributed by atoms with Gasteiger partial charge in [-0.1, -0.05) is 0 Å². The SMILES string of the molecule is COc1nc(CCl)c(OC(F)(F)F)cc1C(=O)O. The van der Waals surface area contributed by atoms with Crippen molar-refractivity contribution in [2.45, 2.75) is 12.2 Å². The molecule has 0 atom stereocenters. The molecule has 0 unspecified atom stereocenters. The zero-order chi connectivity index (χ0) is 13.9. The molecule has 0 aliphatic carbocycles. The van der Waals surface area contributed by atoms with Crippen LogP contribution in [0.3, 0.4) is 0 Å². The van der Waals surface area contributed by atoms with E-state index in [2.05, 4.69) is 14.5 Å². The van der Waals surface area contributed by atoms with Gasteiger partial charge in [0.15, 0.2) is 5.75 Å². The first-order chi connectivity index (χ1) is 8.28. The maximum Gasteiger partial charge on any atom is 0.573 e. The van der Waals surface area contributed by atoms with E-state index in [1.165, 1.54) is 0 Å². The van der Waals surface area contributed by atoms with E-state index in [-0.39, 0.29) is 17.5 Å². The second-order valence-corrected chi connectivity index (χ2v) is 3.24. The van der Waals surface area contributed by atoms with Crippen LogP contribution in [0.15, 0.2) is 6.07 Å². The number of methoxy groups -OCH3 is 1. The van der Waals surface area contributed by atoms with E-state index < -0.39 is 23.6 Å². The number of hydrogen-bond acceptors (Lipinski definition) is 4. The third-order valence-electron chi connectivity index (χ3n) is 1.80. The summed E-state index contributed by atoms with van der Waals surface area (Å²) in [4.78, 5) is 14.4. The minimum atomic E-state index is -4.97. The van der Waals surface area contributed by atoms with Crippen molar-refractivity contribution in [3.05, 3.63) is 17.3 Å². The van der Waals surface area contributed by atoms with Crippen LogP contribution in [0.25, 0.3) is 0 Å². The van der Waals surface area contributed by atoms with Crippen LogP contribution in [0.5, 0.6) is 11.6 Å². The van der Waals surface area contributed by atoms with Crippen molar-refractivity contribution >= 4 is 17.6 Å². The first-order valence-electron chi connectivity index (χ1n) is 4.41. The van der Waals surface area contributed by atoms with Crippen molar-refractivity contribution in [3.8, 4) is 11.6 Å². The summed E-state index contributed by atoms with van der Waals surface area (Å²) in [6.07, 6.45) is -4.97. The number of rotatable bonds is 4. The summed E-state index contributed by atoms with van der Waals surface area (Å²) in [7, 11) is 1.14. The molecular formula is C9H7ClF3NO4. The van der Waals surface area contributed by atoms with E-state index in [0.29, 0.717) is 6.07 Å². The molecule has 100 valence electrons. The minimum Gasteiger partial charge on any atom is -0.480 e. The molecule has 0 amide bonds. The first-order valence-corrected chi connectivity index (χ1v) is 4.95. The molecule has 0 aromatic carbocycles. The number of nitrogens with zero attached hydrogens (tertiary/aromatic N) is 1. The van der Waals surface area contributed by atoms with Crippen LogP contribution in [0.1, 0.15) is 16.1 Å². The van der Waals surface area contributed by atoms with Crippen molar-refractivity contribution in [2.24, 2.45) is 0 Å². The fourth-order valence-electron chi connectivity index (χ4n) is 1.13. The summed E-state index contributed by atoms with van der Waals surface area (Å²) in [6, 6.07) is 0.666. The Morgan fingerprint density at radius 3 is 2.56 bits per heavy atom. The molecule has 1 heterocycles. The Kier molecular flexibility index (Phi) is 4.23. The molecule has 5 nitrogen and oxygen atoms in total. The van der Waals surface area contributed by atoms with Gasteiger partial charge in [0.2, 0.25) is 5.88 Å². The fraction of sp³-hybridized carbons (Fsp3) is 0.333. The summed E-state index contributed by atoms with van der Waals surface area (Å²) in [5, 5.41) is 8.79. The van der Waals surface area contributed by atoms with E-state index in [1.807, 2.05) is 0 Å². The van der Waals surface area contributed by atoms with Crippen LogP contribution in [0, 0.1) is 0 Å². The second kappa shape index (κ2) is 5.30. The molecular weight excluding hydrogens is 279 g/mol. The van der Waals surface area contributed by atoms with Gasteiger partial charge in [-0.2, -0.15) is 0 Å². The quantitative estimate of drug-likeness (QED) is 0.861. The lowest BCUT2D eigenvalue weighted by Gasteiger charge is -2.13. The van der Waals surface area contributed by atoms with Gasteiger partial charge in [0, 0.05) is 6.07 Å². The minimum absolute atomic E-state index is 0.268. The smallest absolute Gasteiger partial charge is 0.480 e. The lowest BCUT2D eigenvalue weighted by atomic mass is 10.2. The molecule has 1 rings (SSSR count). The number of aromatic carboxylic acids is 1. The summed E-state index contributed by atoms with van der Waals surface area (Å²) in [5.74, 6) is -2.99. The molecule has 0 saturated carbocycles. The number of alkyl halides is 4. The molecule has 0 saturated heterocycles. The third kappa shape index (κ3) is 3.39. The molecule has 0 radical (unpaired) electrons. The fourth-order valence-corrected chi connectivity index (χ4v) is 1.32. The van der Waals surface area contributed by atoms with Crippen molar-refractivity contribution in [1.29, 1.82) is 0 Å². The maximum absolute atomic E-state index is 12.1. The first kappa shape index (κ1) is 14.4. The van der Waals surface area contributed by atoms with Gasteiger partial charge < -0.3 is 14.6 Å². The molecule has 1 aromatic heterocycles. The second-order valence-electron chi connectivity index (χ2n) is 2.98. The Labute approximate surface area is 104 Å². The molecule has 0 aliphatic rings. The largest absolute Gasteiger partial charge is 0.573 e. The zero-order valence-corrected chi connectivity index (χ0v) is 9.67. The number of ether oxygens (including phenoxy) is 2. The molecule has 0 aliphatic heterocycles. The average molecular weight is 286 g/mol. The van der Waals surface area contributed by atoms with E-state index >= 15 is 0 Å². The van der Waals surface area contributed by atoms with Gasteiger partial charge in [-0.25, -0.2) is 9.78 Å². The Morgan fingerprint density at radius 2 is 2.17 bits per heavy atom.